The molecule has 0 radical (unpaired) electrons. The van der Waals surface area contributed by atoms with E-state index in [0.717, 1.165) is 6.26 Å². The molecule has 0 aromatic carbocycles. The van der Waals surface area contributed by atoms with Crippen LogP contribution in [0.4, 0.5) is 0 Å². The van der Waals surface area contributed by atoms with E-state index in [1.54, 1.807) is 18.2 Å². The Morgan fingerprint density at radius 2 is 1.64 bits per heavy atom. The van der Waals surface area contributed by atoms with Gasteiger partial charge in [-0.1, -0.05) is 19.2 Å². The van der Waals surface area contributed by atoms with Crippen LogP contribution in [-0.4, -0.2) is 56.6 Å². The first-order valence-electron chi connectivity index (χ1n) is 8.19. The zero-order valence-electron chi connectivity index (χ0n) is 15.0. The third kappa shape index (κ3) is 13.3. The number of hydrogen-bond donors (Lipinski definition) is 1. The van der Waals surface area contributed by atoms with Crippen molar-refractivity contribution in [3.8, 4) is 0 Å². The molecule has 7 heteroatoms. The van der Waals surface area contributed by atoms with Crippen molar-refractivity contribution < 1.29 is 33.8 Å². The number of ether oxygens (including phenoxy) is 4. The van der Waals surface area contributed by atoms with Crippen molar-refractivity contribution in [2.45, 2.75) is 32.3 Å². The molecule has 0 aliphatic rings. The van der Waals surface area contributed by atoms with Gasteiger partial charge in [-0.3, -0.25) is 0 Å². The molecular formula is C18H30O7. The molecule has 0 aliphatic heterocycles. The van der Waals surface area contributed by atoms with Crippen molar-refractivity contribution in [3.05, 3.63) is 50.0 Å². The van der Waals surface area contributed by atoms with Gasteiger partial charge in [0.25, 0.3) is 0 Å². The van der Waals surface area contributed by atoms with Gasteiger partial charge < -0.3 is 24.1 Å². The minimum Gasteiger partial charge on any atom is -0.492 e. The molecule has 0 aromatic rings. The lowest BCUT2D eigenvalue weighted by Crippen LogP contribution is -2.29. The van der Waals surface area contributed by atoms with Crippen molar-refractivity contribution >= 4 is 0 Å². The van der Waals surface area contributed by atoms with Gasteiger partial charge in [0.05, 0.1) is 32.3 Å². The van der Waals surface area contributed by atoms with Gasteiger partial charge in [0.2, 0.25) is 6.29 Å². The SMILES string of the molecule is C=COC(O)/C=C\C(OCCOCC)C(/C=C\COOCC)OC=C. The van der Waals surface area contributed by atoms with Crippen molar-refractivity contribution in [2.75, 3.05) is 33.0 Å². The molecule has 0 saturated carbocycles. The molecule has 0 fully saturated rings. The van der Waals surface area contributed by atoms with Gasteiger partial charge >= 0.3 is 0 Å². The quantitative estimate of drug-likeness (QED) is 0.107. The highest BCUT2D eigenvalue weighted by Gasteiger charge is 2.18. The largest absolute Gasteiger partial charge is 0.492 e. The lowest BCUT2D eigenvalue weighted by Gasteiger charge is -2.22. The molecule has 0 heterocycles. The standard InChI is InChI=1S/C18H30O7/c1-5-20-14-15-23-17(11-12-18(19)22-7-3)16(21-6-2)10-9-13-25-24-8-4/h6-7,9-12,16-19H,2-3,5,8,13-15H2,1,4H3/b10-9-,12-11-. The van der Waals surface area contributed by atoms with Crippen LogP contribution < -0.4 is 0 Å². The Bertz CT molecular complexity index is 382. The average Bonchev–Trinajstić information content (AvgIpc) is 2.60. The van der Waals surface area contributed by atoms with E-state index in [1.807, 2.05) is 13.8 Å². The summed E-state index contributed by atoms with van der Waals surface area (Å²) in [7, 11) is 0. The van der Waals surface area contributed by atoms with Crippen molar-refractivity contribution in [1.82, 2.24) is 0 Å². The van der Waals surface area contributed by atoms with E-state index in [0.29, 0.717) is 26.4 Å². The van der Waals surface area contributed by atoms with E-state index < -0.39 is 18.5 Å². The monoisotopic (exact) mass is 358 g/mol. The highest BCUT2D eigenvalue weighted by molar-refractivity contribution is 5.04. The lowest BCUT2D eigenvalue weighted by atomic mass is 10.1. The van der Waals surface area contributed by atoms with E-state index in [2.05, 4.69) is 13.2 Å². The molecule has 25 heavy (non-hydrogen) atoms. The van der Waals surface area contributed by atoms with E-state index in [4.69, 9.17) is 28.7 Å². The fourth-order valence-electron chi connectivity index (χ4n) is 1.70. The smallest absolute Gasteiger partial charge is 0.216 e. The van der Waals surface area contributed by atoms with Gasteiger partial charge in [-0.05, 0) is 32.1 Å². The predicted molar refractivity (Wildman–Crippen MR) is 94.4 cm³/mol. The molecule has 0 bridgehead atoms. The van der Waals surface area contributed by atoms with Gasteiger partial charge in [0.1, 0.15) is 18.8 Å². The molecule has 144 valence electrons. The second kappa shape index (κ2) is 17.2. The van der Waals surface area contributed by atoms with Gasteiger partial charge in [-0.15, -0.1) is 0 Å². The molecule has 0 aliphatic carbocycles. The summed E-state index contributed by atoms with van der Waals surface area (Å²) in [6, 6.07) is 0. The lowest BCUT2D eigenvalue weighted by molar-refractivity contribution is -0.282. The van der Waals surface area contributed by atoms with Gasteiger partial charge in [0, 0.05) is 6.61 Å². The maximum Gasteiger partial charge on any atom is 0.216 e. The maximum atomic E-state index is 9.62. The fraction of sp³-hybridized carbons (Fsp3) is 0.556. The van der Waals surface area contributed by atoms with E-state index in [-0.39, 0.29) is 6.61 Å². The van der Waals surface area contributed by atoms with Gasteiger partial charge in [0.15, 0.2) is 0 Å². The minimum atomic E-state index is -1.12. The number of rotatable bonds is 17. The molecule has 7 nitrogen and oxygen atoms in total. The Hall–Kier alpha value is -1.64. The molecular weight excluding hydrogens is 328 g/mol. The normalized spacial score (nSPS) is 15.2. The molecule has 0 rings (SSSR count). The van der Waals surface area contributed by atoms with Crippen molar-refractivity contribution in [2.24, 2.45) is 0 Å². The second-order valence-electron chi connectivity index (χ2n) is 4.50. The molecule has 0 aromatic heterocycles. The number of aliphatic hydroxyl groups is 1. The third-order valence-electron chi connectivity index (χ3n) is 2.71. The van der Waals surface area contributed by atoms with Crippen LogP contribution in [0.1, 0.15) is 13.8 Å². The molecule has 3 atom stereocenters. The molecule has 1 N–H and O–H groups in total. The van der Waals surface area contributed by atoms with Gasteiger partial charge in [-0.25, -0.2) is 9.78 Å². The first-order valence-corrected chi connectivity index (χ1v) is 8.19. The first-order chi connectivity index (χ1) is 12.2. The summed E-state index contributed by atoms with van der Waals surface area (Å²) in [5.74, 6) is 0. The summed E-state index contributed by atoms with van der Waals surface area (Å²) in [4.78, 5) is 9.72. The highest BCUT2D eigenvalue weighted by atomic mass is 17.2. The Labute approximate surface area is 150 Å². The Morgan fingerprint density at radius 1 is 0.880 bits per heavy atom. The van der Waals surface area contributed by atoms with Crippen LogP contribution in [0.15, 0.2) is 50.0 Å². The van der Waals surface area contributed by atoms with Crippen LogP contribution in [0.5, 0.6) is 0 Å². The highest BCUT2D eigenvalue weighted by Crippen LogP contribution is 2.10. The molecule has 3 unspecified atom stereocenters. The molecule has 0 saturated heterocycles. The van der Waals surface area contributed by atoms with Crippen LogP contribution in [0.3, 0.4) is 0 Å². The first kappa shape index (κ1) is 23.4. The number of aliphatic hydroxyl groups excluding tert-OH is 1. The van der Waals surface area contributed by atoms with Crippen LogP contribution in [0.2, 0.25) is 0 Å². The zero-order chi connectivity index (χ0) is 18.8. The van der Waals surface area contributed by atoms with Crippen LogP contribution in [0, 0.1) is 0 Å². The maximum absolute atomic E-state index is 9.62. The van der Waals surface area contributed by atoms with Crippen LogP contribution >= 0.6 is 0 Å². The Morgan fingerprint density at radius 3 is 2.28 bits per heavy atom. The summed E-state index contributed by atoms with van der Waals surface area (Å²) in [5.41, 5.74) is 0. The third-order valence-corrected chi connectivity index (χ3v) is 2.71. The van der Waals surface area contributed by atoms with Crippen molar-refractivity contribution in [3.63, 3.8) is 0 Å². The Kier molecular flexibility index (Phi) is 16.1. The topological polar surface area (TPSA) is 75.6 Å². The average molecular weight is 358 g/mol. The zero-order valence-corrected chi connectivity index (χ0v) is 15.0. The summed E-state index contributed by atoms with van der Waals surface area (Å²) in [5, 5.41) is 9.62. The summed E-state index contributed by atoms with van der Waals surface area (Å²) < 4.78 is 21.3. The van der Waals surface area contributed by atoms with E-state index in [1.165, 1.54) is 12.3 Å². The fourth-order valence-corrected chi connectivity index (χ4v) is 1.70. The minimum absolute atomic E-state index is 0.266. The predicted octanol–water partition coefficient (Wildman–Crippen LogP) is 2.50. The van der Waals surface area contributed by atoms with Crippen LogP contribution in [-0.2, 0) is 28.7 Å². The summed E-state index contributed by atoms with van der Waals surface area (Å²) >= 11 is 0. The van der Waals surface area contributed by atoms with Gasteiger partial charge in [-0.2, -0.15) is 0 Å². The van der Waals surface area contributed by atoms with E-state index in [9.17, 15) is 5.11 Å². The number of hydrogen-bond acceptors (Lipinski definition) is 7. The van der Waals surface area contributed by atoms with Crippen molar-refractivity contribution in [1.29, 1.82) is 0 Å². The van der Waals surface area contributed by atoms with E-state index >= 15 is 0 Å². The summed E-state index contributed by atoms with van der Waals surface area (Å²) in [6.45, 7) is 12.8. The molecule has 0 spiro atoms. The second-order valence-corrected chi connectivity index (χ2v) is 4.50. The molecule has 0 amide bonds. The van der Waals surface area contributed by atoms with Crippen LogP contribution in [0.25, 0.3) is 0 Å². The summed E-state index contributed by atoms with van der Waals surface area (Å²) in [6.07, 6.45) is 6.97. The Balaban J connectivity index is 4.84.